The molecule has 0 radical (unpaired) electrons. The highest BCUT2D eigenvalue weighted by Crippen LogP contribution is 2.26. The highest BCUT2D eigenvalue weighted by atomic mass is 32.2. The zero-order valence-electron chi connectivity index (χ0n) is 16.1. The first-order valence-corrected chi connectivity index (χ1v) is 10.9. The Hall–Kier alpha value is -2.74. The van der Waals surface area contributed by atoms with Crippen LogP contribution in [0.2, 0.25) is 0 Å². The predicted molar refractivity (Wildman–Crippen MR) is 109 cm³/mol. The minimum absolute atomic E-state index is 0.0943. The third kappa shape index (κ3) is 7.87. The van der Waals surface area contributed by atoms with Gasteiger partial charge in [0.25, 0.3) is 0 Å². The van der Waals surface area contributed by atoms with Gasteiger partial charge < -0.3 is 14.8 Å². The lowest BCUT2D eigenvalue weighted by atomic mass is 10.2. The van der Waals surface area contributed by atoms with Crippen LogP contribution in [0.3, 0.4) is 0 Å². The zero-order chi connectivity index (χ0) is 20.4. The summed E-state index contributed by atoms with van der Waals surface area (Å²) in [6.45, 7) is 3.20. The van der Waals surface area contributed by atoms with E-state index in [1.807, 2.05) is 37.3 Å². The lowest BCUT2D eigenvalue weighted by Gasteiger charge is -2.11. The summed E-state index contributed by atoms with van der Waals surface area (Å²) in [6, 6.07) is 14.3. The molecule has 0 aromatic heterocycles. The molecule has 0 unspecified atom stereocenters. The summed E-state index contributed by atoms with van der Waals surface area (Å²) in [4.78, 5) is 12.0. The summed E-state index contributed by atoms with van der Waals surface area (Å²) in [5.41, 5.74) is 1.28. The van der Waals surface area contributed by atoms with Gasteiger partial charge >= 0.3 is 0 Å². The molecule has 0 fully saturated rings. The van der Waals surface area contributed by atoms with Crippen LogP contribution >= 0.6 is 0 Å². The maximum absolute atomic E-state index is 12.0. The standard InChI is InChI=1S/C20H26N2O5S/c1-3-26-18-10-4-5-11-19(18)27-13-7-12-20(23)21-15-16-8-6-9-17(14-16)22-28(2,24)25/h4-6,8-11,14,22H,3,7,12-13,15H2,1-2H3,(H,21,23). The van der Waals surface area contributed by atoms with Crippen LogP contribution in [0.5, 0.6) is 11.5 Å². The molecule has 0 spiro atoms. The molecule has 28 heavy (non-hydrogen) atoms. The number of nitrogens with one attached hydrogen (secondary N) is 2. The van der Waals surface area contributed by atoms with Crippen LogP contribution in [0.4, 0.5) is 5.69 Å². The third-order valence-electron chi connectivity index (χ3n) is 3.67. The first-order chi connectivity index (χ1) is 13.4. The summed E-state index contributed by atoms with van der Waals surface area (Å²) < 4.78 is 36.2. The summed E-state index contributed by atoms with van der Waals surface area (Å²) in [6.07, 6.45) is 2.00. The molecule has 1 amide bonds. The number of hydrogen-bond donors (Lipinski definition) is 2. The Kier molecular flexibility index (Phi) is 8.13. The van der Waals surface area contributed by atoms with Crippen molar-refractivity contribution in [3.8, 4) is 11.5 Å². The van der Waals surface area contributed by atoms with Crippen molar-refractivity contribution < 1.29 is 22.7 Å². The van der Waals surface area contributed by atoms with Crippen molar-refractivity contribution in [3.63, 3.8) is 0 Å². The summed E-state index contributed by atoms with van der Waals surface area (Å²) >= 11 is 0. The Morgan fingerprint density at radius 1 is 1.04 bits per heavy atom. The maximum atomic E-state index is 12.0. The van der Waals surface area contributed by atoms with Gasteiger partial charge in [0.1, 0.15) is 0 Å². The highest BCUT2D eigenvalue weighted by Gasteiger charge is 2.06. The fourth-order valence-corrected chi connectivity index (χ4v) is 3.06. The second kappa shape index (κ2) is 10.6. The fourth-order valence-electron chi connectivity index (χ4n) is 2.51. The molecule has 2 aromatic carbocycles. The minimum atomic E-state index is -3.33. The number of amides is 1. The minimum Gasteiger partial charge on any atom is -0.490 e. The third-order valence-corrected chi connectivity index (χ3v) is 4.28. The molecule has 0 bridgehead atoms. The van der Waals surface area contributed by atoms with E-state index in [0.717, 1.165) is 11.8 Å². The number of carbonyl (C=O) groups is 1. The van der Waals surface area contributed by atoms with E-state index in [0.29, 0.717) is 49.8 Å². The highest BCUT2D eigenvalue weighted by molar-refractivity contribution is 7.92. The van der Waals surface area contributed by atoms with Crippen LogP contribution in [0.1, 0.15) is 25.3 Å². The van der Waals surface area contributed by atoms with Gasteiger partial charge in [-0.15, -0.1) is 0 Å². The molecule has 2 aromatic rings. The summed E-state index contributed by atoms with van der Waals surface area (Å²) in [5.74, 6) is 1.26. The SMILES string of the molecule is CCOc1ccccc1OCCCC(=O)NCc1cccc(NS(C)(=O)=O)c1. The van der Waals surface area contributed by atoms with Gasteiger partial charge in [-0.3, -0.25) is 9.52 Å². The molecule has 0 aliphatic rings. The van der Waals surface area contributed by atoms with Crippen molar-refractivity contribution >= 4 is 21.6 Å². The molecule has 0 aliphatic carbocycles. The van der Waals surface area contributed by atoms with E-state index in [2.05, 4.69) is 10.0 Å². The van der Waals surface area contributed by atoms with Crippen molar-refractivity contribution in [1.82, 2.24) is 5.32 Å². The van der Waals surface area contributed by atoms with E-state index in [1.54, 1.807) is 18.2 Å². The molecule has 0 saturated carbocycles. The van der Waals surface area contributed by atoms with Gasteiger partial charge in [0.2, 0.25) is 15.9 Å². The van der Waals surface area contributed by atoms with Crippen LogP contribution in [0.15, 0.2) is 48.5 Å². The lowest BCUT2D eigenvalue weighted by Crippen LogP contribution is -2.23. The quantitative estimate of drug-likeness (QED) is 0.560. The number of anilines is 1. The summed E-state index contributed by atoms with van der Waals surface area (Å²) in [5, 5.41) is 2.82. The molecule has 0 atom stereocenters. The number of rotatable bonds is 11. The molecule has 7 nitrogen and oxygen atoms in total. The molecule has 2 N–H and O–H groups in total. The smallest absolute Gasteiger partial charge is 0.229 e. The first kappa shape index (κ1) is 21.6. The Morgan fingerprint density at radius 2 is 1.75 bits per heavy atom. The van der Waals surface area contributed by atoms with Gasteiger partial charge in [0.15, 0.2) is 11.5 Å². The number of ether oxygens (including phenoxy) is 2. The van der Waals surface area contributed by atoms with E-state index in [-0.39, 0.29) is 5.91 Å². The van der Waals surface area contributed by atoms with E-state index < -0.39 is 10.0 Å². The van der Waals surface area contributed by atoms with Crippen molar-refractivity contribution in [2.45, 2.75) is 26.3 Å². The van der Waals surface area contributed by atoms with E-state index in [1.165, 1.54) is 0 Å². The first-order valence-electron chi connectivity index (χ1n) is 9.05. The molecule has 2 rings (SSSR count). The van der Waals surface area contributed by atoms with Gasteiger partial charge in [-0.1, -0.05) is 24.3 Å². The second-order valence-electron chi connectivity index (χ2n) is 6.18. The van der Waals surface area contributed by atoms with Crippen molar-refractivity contribution in [1.29, 1.82) is 0 Å². The van der Waals surface area contributed by atoms with Crippen LogP contribution in [-0.2, 0) is 21.4 Å². The van der Waals surface area contributed by atoms with Gasteiger partial charge in [0.05, 0.1) is 19.5 Å². The number of hydrogen-bond acceptors (Lipinski definition) is 5. The van der Waals surface area contributed by atoms with E-state index in [9.17, 15) is 13.2 Å². The number of benzene rings is 2. The molecule has 152 valence electrons. The normalized spacial score (nSPS) is 10.9. The largest absolute Gasteiger partial charge is 0.490 e. The van der Waals surface area contributed by atoms with Crippen LogP contribution in [-0.4, -0.2) is 33.8 Å². The van der Waals surface area contributed by atoms with Crippen molar-refractivity contribution in [3.05, 3.63) is 54.1 Å². The number of para-hydroxylation sites is 2. The van der Waals surface area contributed by atoms with Crippen molar-refractivity contribution in [2.75, 3.05) is 24.2 Å². The lowest BCUT2D eigenvalue weighted by molar-refractivity contribution is -0.121. The molecule has 0 saturated heterocycles. The Labute approximate surface area is 166 Å². The Bertz CT molecular complexity index is 884. The zero-order valence-corrected chi connectivity index (χ0v) is 16.9. The van der Waals surface area contributed by atoms with E-state index in [4.69, 9.17) is 9.47 Å². The van der Waals surface area contributed by atoms with Crippen molar-refractivity contribution in [2.24, 2.45) is 0 Å². The topological polar surface area (TPSA) is 93.7 Å². The average Bonchev–Trinajstić information content (AvgIpc) is 2.64. The molecule has 0 heterocycles. The molecular weight excluding hydrogens is 380 g/mol. The maximum Gasteiger partial charge on any atom is 0.229 e. The molecule has 8 heteroatoms. The average molecular weight is 407 g/mol. The number of carbonyl (C=O) groups excluding carboxylic acids is 1. The summed E-state index contributed by atoms with van der Waals surface area (Å²) in [7, 11) is -3.33. The monoisotopic (exact) mass is 406 g/mol. The van der Waals surface area contributed by atoms with Gasteiger partial charge in [0, 0.05) is 18.7 Å². The van der Waals surface area contributed by atoms with Gasteiger partial charge in [-0.05, 0) is 43.2 Å². The van der Waals surface area contributed by atoms with Crippen LogP contribution in [0, 0.1) is 0 Å². The van der Waals surface area contributed by atoms with E-state index >= 15 is 0 Å². The molecular formula is C20H26N2O5S. The van der Waals surface area contributed by atoms with Crippen LogP contribution in [0.25, 0.3) is 0 Å². The Morgan fingerprint density at radius 3 is 2.43 bits per heavy atom. The number of sulfonamides is 1. The van der Waals surface area contributed by atoms with Gasteiger partial charge in [-0.2, -0.15) is 0 Å². The van der Waals surface area contributed by atoms with Crippen LogP contribution < -0.4 is 19.5 Å². The second-order valence-corrected chi connectivity index (χ2v) is 7.93. The predicted octanol–water partition coefficient (Wildman–Crippen LogP) is 2.93. The Balaban J connectivity index is 1.73. The fraction of sp³-hybridized carbons (Fsp3) is 0.350. The van der Waals surface area contributed by atoms with Gasteiger partial charge in [-0.25, -0.2) is 8.42 Å². The molecule has 0 aliphatic heterocycles.